The molecule has 0 unspecified atom stereocenters. The summed E-state index contributed by atoms with van der Waals surface area (Å²) >= 11 is 0. The fraction of sp³-hybridized carbons (Fsp3) is 0.200. The highest BCUT2D eigenvalue weighted by atomic mass is 16.4. The van der Waals surface area contributed by atoms with Crippen LogP contribution < -0.4 is 5.73 Å². The van der Waals surface area contributed by atoms with Crippen LogP contribution in [0.15, 0.2) is 12.2 Å². The molecule has 9 heavy (non-hydrogen) atoms. The van der Waals surface area contributed by atoms with E-state index in [0.717, 1.165) is 12.2 Å². The molecular formula is C5H7NO3. The molecule has 0 spiro atoms. The van der Waals surface area contributed by atoms with Crippen LogP contribution in [0.2, 0.25) is 0 Å². The number of ketones is 1. The van der Waals surface area contributed by atoms with Crippen molar-refractivity contribution < 1.29 is 14.7 Å². The van der Waals surface area contributed by atoms with Crippen molar-refractivity contribution in [1.29, 1.82) is 0 Å². The molecule has 0 bridgehead atoms. The molecule has 0 aliphatic heterocycles. The number of hydrogen-bond acceptors (Lipinski definition) is 3. The van der Waals surface area contributed by atoms with Crippen molar-refractivity contribution >= 4 is 11.8 Å². The Morgan fingerprint density at radius 1 is 1.44 bits per heavy atom. The number of carbonyl (C=O) groups is 2. The van der Waals surface area contributed by atoms with Crippen molar-refractivity contribution in [3.8, 4) is 0 Å². The summed E-state index contributed by atoms with van der Waals surface area (Å²) in [5.74, 6) is -1.53. The van der Waals surface area contributed by atoms with E-state index in [1.54, 1.807) is 0 Å². The van der Waals surface area contributed by atoms with Crippen LogP contribution in [0.5, 0.6) is 0 Å². The monoisotopic (exact) mass is 129 g/mol. The van der Waals surface area contributed by atoms with Gasteiger partial charge < -0.3 is 10.8 Å². The Morgan fingerprint density at radius 2 is 2.00 bits per heavy atom. The second-order valence-corrected chi connectivity index (χ2v) is 1.34. The van der Waals surface area contributed by atoms with Gasteiger partial charge in [-0.3, -0.25) is 4.79 Å². The lowest BCUT2D eigenvalue weighted by Crippen LogP contribution is -2.10. The van der Waals surface area contributed by atoms with E-state index in [9.17, 15) is 9.59 Å². The quantitative estimate of drug-likeness (QED) is 0.486. The fourth-order valence-electron chi connectivity index (χ4n) is 0.232. The lowest BCUT2D eigenvalue weighted by atomic mass is 10.3. The second kappa shape index (κ2) is 3.80. The van der Waals surface area contributed by atoms with E-state index in [2.05, 4.69) is 0 Å². The van der Waals surface area contributed by atoms with Crippen LogP contribution in [-0.4, -0.2) is 23.4 Å². The number of carbonyl (C=O) groups excluding carboxylic acids is 1. The zero-order valence-electron chi connectivity index (χ0n) is 4.70. The Bertz CT molecular complexity index is 150. The highest BCUT2D eigenvalue weighted by molar-refractivity contribution is 5.96. The Labute approximate surface area is 52.0 Å². The fourth-order valence-corrected chi connectivity index (χ4v) is 0.232. The molecule has 4 nitrogen and oxygen atoms in total. The molecule has 0 rings (SSSR count). The maximum Gasteiger partial charge on any atom is 0.328 e. The number of hydrogen-bond donors (Lipinski definition) is 2. The maximum atomic E-state index is 10.2. The summed E-state index contributed by atoms with van der Waals surface area (Å²) in [7, 11) is 0. The molecule has 0 saturated carbocycles. The van der Waals surface area contributed by atoms with Gasteiger partial charge >= 0.3 is 5.97 Å². The van der Waals surface area contributed by atoms with Crippen LogP contribution in [0.4, 0.5) is 0 Å². The molecule has 0 aliphatic carbocycles. The molecule has 0 atom stereocenters. The molecule has 0 aliphatic rings. The van der Waals surface area contributed by atoms with E-state index >= 15 is 0 Å². The largest absolute Gasteiger partial charge is 0.478 e. The van der Waals surface area contributed by atoms with E-state index in [1.807, 2.05) is 0 Å². The Hall–Kier alpha value is -1.16. The first-order chi connectivity index (χ1) is 4.16. The summed E-state index contributed by atoms with van der Waals surface area (Å²) in [5.41, 5.74) is 4.86. The topological polar surface area (TPSA) is 80.4 Å². The normalized spacial score (nSPS) is 9.89. The Morgan fingerprint density at radius 3 is 2.33 bits per heavy atom. The minimum Gasteiger partial charge on any atom is -0.478 e. The van der Waals surface area contributed by atoms with Crippen LogP contribution in [0, 0.1) is 0 Å². The molecule has 0 amide bonds. The zero-order chi connectivity index (χ0) is 7.28. The Kier molecular flexibility index (Phi) is 3.31. The average molecular weight is 129 g/mol. The van der Waals surface area contributed by atoms with E-state index < -0.39 is 11.8 Å². The third-order valence-electron chi connectivity index (χ3n) is 0.613. The summed E-state index contributed by atoms with van der Waals surface area (Å²) in [4.78, 5) is 20.0. The number of nitrogens with two attached hydrogens (primary N) is 1. The minimum atomic E-state index is -1.14. The molecule has 3 N–H and O–H groups in total. The van der Waals surface area contributed by atoms with Crippen molar-refractivity contribution in [3.05, 3.63) is 12.2 Å². The molecule has 0 aromatic rings. The number of rotatable bonds is 3. The summed E-state index contributed by atoms with van der Waals surface area (Å²) < 4.78 is 0. The van der Waals surface area contributed by atoms with Gasteiger partial charge in [0.15, 0.2) is 5.78 Å². The van der Waals surface area contributed by atoms with Gasteiger partial charge in [-0.2, -0.15) is 0 Å². The van der Waals surface area contributed by atoms with E-state index in [1.165, 1.54) is 0 Å². The van der Waals surface area contributed by atoms with Gasteiger partial charge in [0.25, 0.3) is 0 Å². The van der Waals surface area contributed by atoms with Crippen molar-refractivity contribution in [2.45, 2.75) is 0 Å². The molecule has 0 heterocycles. The summed E-state index contributed by atoms with van der Waals surface area (Å²) in [6.45, 7) is -0.149. The molecule has 0 aromatic heterocycles. The molecule has 4 heteroatoms. The number of aliphatic carboxylic acids is 1. The predicted octanol–water partition coefficient (Wildman–Crippen LogP) is -0.845. The highest BCUT2D eigenvalue weighted by Crippen LogP contribution is 1.73. The third-order valence-corrected chi connectivity index (χ3v) is 0.613. The standard InChI is InChI=1S/C5H7NO3/c6-3-4(7)1-2-5(8)9/h1-2H,3,6H2,(H,8,9). The molecule has 0 saturated heterocycles. The first-order valence-corrected chi connectivity index (χ1v) is 2.30. The van der Waals surface area contributed by atoms with E-state index in [4.69, 9.17) is 10.8 Å². The molecule has 0 radical (unpaired) electrons. The number of carboxylic acids is 1. The lowest BCUT2D eigenvalue weighted by molar-refractivity contribution is -0.131. The Balaban J connectivity index is 3.71. The highest BCUT2D eigenvalue weighted by Gasteiger charge is 1.90. The van der Waals surface area contributed by atoms with Crippen molar-refractivity contribution in [3.63, 3.8) is 0 Å². The van der Waals surface area contributed by atoms with Crippen LogP contribution >= 0.6 is 0 Å². The van der Waals surface area contributed by atoms with Gasteiger partial charge in [0, 0.05) is 6.08 Å². The van der Waals surface area contributed by atoms with Crippen LogP contribution in [-0.2, 0) is 9.59 Å². The van der Waals surface area contributed by atoms with Crippen molar-refractivity contribution in [2.24, 2.45) is 5.73 Å². The first-order valence-electron chi connectivity index (χ1n) is 2.30. The van der Waals surface area contributed by atoms with Crippen LogP contribution in [0.3, 0.4) is 0 Å². The lowest BCUT2D eigenvalue weighted by Gasteiger charge is -1.81. The average Bonchev–Trinajstić information content (AvgIpc) is 1.83. The van der Waals surface area contributed by atoms with Gasteiger partial charge in [-0.1, -0.05) is 0 Å². The van der Waals surface area contributed by atoms with Gasteiger partial charge in [0.1, 0.15) is 0 Å². The predicted molar refractivity (Wildman–Crippen MR) is 30.8 cm³/mol. The third kappa shape index (κ3) is 4.70. The van der Waals surface area contributed by atoms with Gasteiger partial charge in [-0.25, -0.2) is 4.79 Å². The summed E-state index contributed by atoms with van der Waals surface area (Å²) in [6.07, 6.45) is 1.69. The van der Waals surface area contributed by atoms with E-state index in [0.29, 0.717) is 0 Å². The second-order valence-electron chi connectivity index (χ2n) is 1.34. The molecular weight excluding hydrogens is 122 g/mol. The number of carboxylic acid groups (broad SMARTS) is 1. The molecule has 0 fully saturated rings. The van der Waals surface area contributed by atoms with Gasteiger partial charge in [0.05, 0.1) is 6.54 Å². The van der Waals surface area contributed by atoms with Crippen LogP contribution in [0.25, 0.3) is 0 Å². The van der Waals surface area contributed by atoms with E-state index in [-0.39, 0.29) is 6.54 Å². The summed E-state index contributed by atoms with van der Waals surface area (Å²) in [5, 5.41) is 7.98. The van der Waals surface area contributed by atoms with Crippen LogP contribution in [0.1, 0.15) is 0 Å². The van der Waals surface area contributed by atoms with Gasteiger partial charge in [0.2, 0.25) is 0 Å². The first kappa shape index (κ1) is 7.84. The SMILES string of the molecule is NCC(=O)C=CC(=O)O. The van der Waals surface area contributed by atoms with Crippen molar-refractivity contribution in [1.82, 2.24) is 0 Å². The molecule has 0 aromatic carbocycles. The van der Waals surface area contributed by atoms with Crippen molar-refractivity contribution in [2.75, 3.05) is 6.54 Å². The minimum absolute atomic E-state index is 0.149. The van der Waals surface area contributed by atoms with Gasteiger partial charge in [-0.05, 0) is 6.08 Å². The molecule has 50 valence electrons. The summed E-state index contributed by atoms with van der Waals surface area (Å²) in [6, 6.07) is 0. The van der Waals surface area contributed by atoms with Gasteiger partial charge in [-0.15, -0.1) is 0 Å². The zero-order valence-corrected chi connectivity index (χ0v) is 4.70. The maximum absolute atomic E-state index is 10.2. The smallest absolute Gasteiger partial charge is 0.328 e.